The zero-order valence-electron chi connectivity index (χ0n) is 17.9. The summed E-state index contributed by atoms with van der Waals surface area (Å²) in [6.45, 7) is 9.96. The Balaban J connectivity index is 0.000000941. The van der Waals surface area contributed by atoms with Crippen molar-refractivity contribution in [3.8, 4) is 11.4 Å². The third kappa shape index (κ3) is 5.95. The zero-order valence-corrected chi connectivity index (χ0v) is 17.9. The van der Waals surface area contributed by atoms with Gasteiger partial charge in [-0.2, -0.15) is 0 Å². The number of aldehydes is 1. The van der Waals surface area contributed by atoms with E-state index in [1.54, 1.807) is 6.20 Å². The molecule has 0 amide bonds. The molecule has 3 rings (SSSR count). The molecule has 1 atom stereocenters. The van der Waals surface area contributed by atoms with Crippen LogP contribution in [0.4, 0.5) is 5.82 Å². The number of anilines is 1. The number of aromatic nitrogens is 3. The lowest BCUT2D eigenvalue weighted by atomic mass is 10.0. The molecule has 1 aromatic carbocycles. The van der Waals surface area contributed by atoms with Gasteiger partial charge >= 0.3 is 0 Å². The van der Waals surface area contributed by atoms with Crippen molar-refractivity contribution in [1.82, 2.24) is 15.0 Å². The standard InChI is InChI=1S/C22H26N4.C2H4O/c1-5-17-12-18(10-9-15(17)3)22-24-13-16(4)21(26-22)25-20(6-2)19-8-7-11-23-14-19;1-2-3/h7-14,20H,5-6H2,1-4H3,(H,24,25,26);2H,1H3. The van der Waals surface area contributed by atoms with Crippen LogP contribution in [0.15, 0.2) is 48.9 Å². The van der Waals surface area contributed by atoms with Crippen molar-refractivity contribution >= 4 is 12.1 Å². The van der Waals surface area contributed by atoms with E-state index < -0.39 is 0 Å². The van der Waals surface area contributed by atoms with Crippen LogP contribution in [0.25, 0.3) is 11.4 Å². The van der Waals surface area contributed by atoms with Crippen molar-refractivity contribution in [3.05, 3.63) is 71.2 Å². The zero-order chi connectivity index (χ0) is 21.2. The summed E-state index contributed by atoms with van der Waals surface area (Å²) >= 11 is 0. The number of rotatable bonds is 6. The maximum Gasteiger partial charge on any atom is 0.161 e. The molecule has 0 aliphatic heterocycles. The van der Waals surface area contributed by atoms with Crippen LogP contribution in [0.5, 0.6) is 0 Å². The lowest BCUT2D eigenvalue weighted by Crippen LogP contribution is -2.12. The van der Waals surface area contributed by atoms with E-state index in [1.165, 1.54) is 18.1 Å². The first-order valence-corrected chi connectivity index (χ1v) is 10.0. The third-order valence-electron chi connectivity index (χ3n) is 4.77. The van der Waals surface area contributed by atoms with Crippen molar-refractivity contribution in [1.29, 1.82) is 0 Å². The predicted molar refractivity (Wildman–Crippen MR) is 119 cm³/mol. The highest BCUT2D eigenvalue weighted by molar-refractivity contribution is 5.60. The van der Waals surface area contributed by atoms with Gasteiger partial charge in [-0.15, -0.1) is 0 Å². The smallest absolute Gasteiger partial charge is 0.161 e. The Kier molecular flexibility index (Phi) is 8.46. The molecule has 1 N–H and O–H groups in total. The van der Waals surface area contributed by atoms with Gasteiger partial charge in [0.05, 0.1) is 6.04 Å². The molecule has 2 aromatic heterocycles. The first-order valence-electron chi connectivity index (χ1n) is 10.0. The van der Waals surface area contributed by atoms with Crippen LogP contribution in [0.2, 0.25) is 0 Å². The first-order chi connectivity index (χ1) is 14.0. The van der Waals surface area contributed by atoms with Gasteiger partial charge in [0, 0.05) is 29.7 Å². The van der Waals surface area contributed by atoms with E-state index in [2.05, 4.69) is 60.3 Å². The van der Waals surface area contributed by atoms with Crippen LogP contribution in [-0.2, 0) is 11.2 Å². The molecule has 152 valence electrons. The lowest BCUT2D eigenvalue weighted by Gasteiger charge is -2.19. The van der Waals surface area contributed by atoms with E-state index in [0.29, 0.717) is 0 Å². The summed E-state index contributed by atoms with van der Waals surface area (Å²) < 4.78 is 0. The third-order valence-corrected chi connectivity index (χ3v) is 4.77. The highest BCUT2D eigenvalue weighted by Crippen LogP contribution is 2.26. The number of aryl methyl sites for hydroxylation is 3. The van der Waals surface area contributed by atoms with E-state index in [0.717, 1.165) is 47.5 Å². The number of carbonyl (C=O) groups is 1. The molecule has 0 radical (unpaired) electrons. The number of pyridine rings is 1. The van der Waals surface area contributed by atoms with E-state index >= 15 is 0 Å². The Morgan fingerprint density at radius 3 is 2.48 bits per heavy atom. The fraction of sp³-hybridized carbons (Fsp3) is 0.333. The van der Waals surface area contributed by atoms with Gasteiger partial charge in [-0.1, -0.05) is 32.0 Å². The topological polar surface area (TPSA) is 67.8 Å². The number of hydrogen-bond donors (Lipinski definition) is 1. The van der Waals surface area contributed by atoms with Gasteiger partial charge in [-0.3, -0.25) is 4.98 Å². The minimum absolute atomic E-state index is 0.175. The molecule has 3 aromatic rings. The van der Waals surface area contributed by atoms with Gasteiger partial charge in [0.1, 0.15) is 12.1 Å². The fourth-order valence-corrected chi connectivity index (χ4v) is 3.09. The molecule has 0 fully saturated rings. The molecule has 0 bridgehead atoms. The second kappa shape index (κ2) is 11.1. The molecule has 0 saturated heterocycles. The van der Waals surface area contributed by atoms with Crippen molar-refractivity contribution in [2.75, 3.05) is 5.32 Å². The number of carbonyl (C=O) groups excluding carboxylic acids is 1. The summed E-state index contributed by atoms with van der Waals surface area (Å²) in [6.07, 6.45) is 8.32. The van der Waals surface area contributed by atoms with Crippen LogP contribution in [-0.4, -0.2) is 21.2 Å². The highest BCUT2D eigenvalue weighted by Gasteiger charge is 2.13. The van der Waals surface area contributed by atoms with Gasteiger partial charge in [0.15, 0.2) is 5.82 Å². The summed E-state index contributed by atoms with van der Waals surface area (Å²) in [5.74, 6) is 1.64. The second-order valence-electron chi connectivity index (χ2n) is 6.85. The minimum atomic E-state index is 0.175. The molecule has 0 saturated carbocycles. The monoisotopic (exact) mass is 390 g/mol. The van der Waals surface area contributed by atoms with Gasteiger partial charge < -0.3 is 10.1 Å². The van der Waals surface area contributed by atoms with Crippen molar-refractivity contribution < 1.29 is 4.79 Å². The van der Waals surface area contributed by atoms with Crippen LogP contribution in [0, 0.1) is 13.8 Å². The molecular weight excluding hydrogens is 360 g/mol. The van der Waals surface area contributed by atoms with Crippen molar-refractivity contribution in [2.45, 2.75) is 53.5 Å². The number of benzene rings is 1. The van der Waals surface area contributed by atoms with Crippen LogP contribution >= 0.6 is 0 Å². The summed E-state index contributed by atoms with van der Waals surface area (Å²) in [4.78, 5) is 22.4. The molecular formula is C24H30N4O. The quantitative estimate of drug-likeness (QED) is 0.564. The van der Waals surface area contributed by atoms with E-state index in [-0.39, 0.29) is 6.04 Å². The van der Waals surface area contributed by atoms with E-state index in [1.807, 2.05) is 25.4 Å². The average Bonchev–Trinajstić information content (AvgIpc) is 2.75. The van der Waals surface area contributed by atoms with E-state index in [4.69, 9.17) is 9.78 Å². The highest BCUT2D eigenvalue weighted by atomic mass is 16.1. The van der Waals surface area contributed by atoms with Crippen molar-refractivity contribution in [2.24, 2.45) is 0 Å². The number of nitrogens with one attached hydrogen (secondary N) is 1. The SMILES string of the molecule is CC=O.CCc1cc(-c2ncc(C)c(NC(CC)c3cccnc3)n2)ccc1C. The Morgan fingerprint density at radius 1 is 1.10 bits per heavy atom. The average molecular weight is 391 g/mol. The summed E-state index contributed by atoms with van der Waals surface area (Å²) in [7, 11) is 0. The number of hydrogen-bond acceptors (Lipinski definition) is 5. The van der Waals surface area contributed by atoms with Gasteiger partial charge in [0.25, 0.3) is 0 Å². The molecule has 0 aliphatic rings. The van der Waals surface area contributed by atoms with Crippen molar-refractivity contribution in [3.63, 3.8) is 0 Å². The largest absolute Gasteiger partial charge is 0.363 e. The Morgan fingerprint density at radius 2 is 1.86 bits per heavy atom. The normalized spacial score (nSPS) is 11.2. The van der Waals surface area contributed by atoms with Crippen LogP contribution in [0.3, 0.4) is 0 Å². The van der Waals surface area contributed by atoms with Crippen LogP contribution < -0.4 is 5.32 Å². The Labute approximate surface area is 173 Å². The Hall–Kier alpha value is -3.08. The predicted octanol–water partition coefficient (Wildman–Crippen LogP) is 5.49. The molecule has 5 heteroatoms. The molecule has 5 nitrogen and oxygen atoms in total. The van der Waals surface area contributed by atoms with Gasteiger partial charge in [-0.25, -0.2) is 9.97 Å². The van der Waals surface area contributed by atoms with Gasteiger partial charge in [0.2, 0.25) is 0 Å². The summed E-state index contributed by atoms with van der Waals surface area (Å²) in [5, 5.41) is 3.57. The van der Waals surface area contributed by atoms with E-state index in [9.17, 15) is 0 Å². The Bertz CT molecular complexity index is 925. The number of nitrogens with zero attached hydrogens (tertiary/aromatic N) is 3. The molecule has 29 heavy (non-hydrogen) atoms. The summed E-state index contributed by atoms with van der Waals surface area (Å²) in [5.41, 5.74) is 5.91. The fourth-order valence-electron chi connectivity index (χ4n) is 3.09. The minimum Gasteiger partial charge on any atom is -0.363 e. The second-order valence-corrected chi connectivity index (χ2v) is 6.85. The van der Waals surface area contributed by atoms with Crippen LogP contribution in [0.1, 0.15) is 55.5 Å². The molecule has 2 heterocycles. The lowest BCUT2D eigenvalue weighted by molar-refractivity contribution is -0.106. The summed E-state index contributed by atoms with van der Waals surface area (Å²) in [6, 6.07) is 10.7. The maximum absolute atomic E-state index is 8.81. The first kappa shape index (κ1) is 22.2. The molecule has 0 spiro atoms. The maximum atomic E-state index is 8.81. The molecule has 0 aliphatic carbocycles. The van der Waals surface area contributed by atoms with Gasteiger partial charge in [-0.05, 0) is 62.4 Å². The molecule has 1 unspecified atom stereocenters.